The third-order valence-electron chi connectivity index (χ3n) is 15.1. The van der Waals surface area contributed by atoms with Crippen LogP contribution in [0.3, 0.4) is 0 Å². The number of carbonyl (C=O) groups excluding carboxylic acids is 1. The van der Waals surface area contributed by atoms with Crippen molar-refractivity contribution in [3.8, 4) is 0 Å². The van der Waals surface area contributed by atoms with Crippen LogP contribution in [0.15, 0.2) is 100 Å². The summed E-state index contributed by atoms with van der Waals surface area (Å²) in [6, 6.07) is 20.8. The van der Waals surface area contributed by atoms with E-state index in [0.29, 0.717) is 13.0 Å². The first-order valence-electron chi connectivity index (χ1n) is 23.2. The van der Waals surface area contributed by atoms with Crippen LogP contribution in [0.1, 0.15) is 134 Å². The van der Waals surface area contributed by atoms with Crippen LogP contribution in [0.2, 0.25) is 18.1 Å². The van der Waals surface area contributed by atoms with Crippen molar-refractivity contribution in [2.75, 3.05) is 12.4 Å². The number of hydrogen-bond acceptors (Lipinski definition) is 7. The Morgan fingerprint density at radius 2 is 1.72 bits per heavy atom. The molecule has 0 radical (unpaired) electrons. The molecule has 7 rings (SSSR count). The van der Waals surface area contributed by atoms with E-state index in [1.165, 1.54) is 54.5 Å². The number of fused-ring (bicyclic) bond motifs is 5. The van der Waals surface area contributed by atoms with Gasteiger partial charge in [-0.15, -0.1) is 0 Å². The first-order chi connectivity index (χ1) is 28.9. The number of thioether (sulfide) groups is 2. The molecule has 2 fully saturated rings. The van der Waals surface area contributed by atoms with E-state index in [4.69, 9.17) is 13.9 Å². The first kappa shape index (κ1) is 45.5. The van der Waals surface area contributed by atoms with E-state index < -0.39 is 25.0 Å². The smallest absolute Gasteiger partial charge is 0.308 e. The maximum absolute atomic E-state index is 13.8. The van der Waals surface area contributed by atoms with Crippen molar-refractivity contribution < 1.29 is 23.8 Å². The van der Waals surface area contributed by atoms with Gasteiger partial charge in [0.05, 0.1) is 36.2 Å². The summed E-state index contributed by atoms with van der Waals surface area (Å²) in [6.45, 7) is 15.5. The van der Waals surface area contributed by atoms with E-state index in [1.54, 1.807) is 11.8 Å². The summed E-state index contributed by atoms with van der Waals surface area (Å²) in [7, 11) is -2.17. The Balaban J connectivity index is 1.24. The molecular weight excluding hydrogens is 797 g/mol. The highest BCUT2D eigenvalue weighted by Gasteiger charge is 2.60. The van der Waals surface area contributed by atoms with E-state index in [1.807, 2.05) is 12.1 Å². The van der Waals surface area contributed by atoms with E-state index in [2.05, 4.69) is 126 Å². The fraction of sp³-hybridized carbons (Fsp3) is 0.596. The maximum Gasteiger partial charge on any atom is 0.308 e. The predicted molar refractivity (Wildman–Crippen MR) is 254 cm³/mol. The number of carbonyl (C=O) groups is 1. The normalized spacial score (nSPS) is 28.1. The molecule has 2 unspecified atom stereocenters. The number of aliphatic hydroxyl groups is 1. The molecule has 2 aliphatic carbocycles. The van der Waals surface area contributed by atoms with Crippen LogP contribution < -0.4 is 5.38 Å². The van der Waals surface area contributed by atoms with Crippen LogP contribution in [0, 0.1) is 17.3 Å². The lowest BCUT2D eigenvalue weighted by Gasteiger charge is -2.46. The van der Waals surface area contributed by atoms with Crippen LogP contribution in [0.25, 0.3) is 0 Å². The van der Waals surface area contributed by atoms with Gasteiger partial charge in [-0.25, -0.2) is 0 Å². The van der Waals surface area contributed by atoms with Gasteiger partial charge in [0.15, 0.2) is 5.44 Å². The third-order valence-corrected chi connectivity index (χ3v) is 23.4. The van der Waals surface area contributed by atoms with Crippen LogP contribution in [0.5, 0.6) is 0 Å². The molecule has 1 N–H and O–H groups in total. The molecule has 0 saturated carbocycles. The Labute approximate surface area is 371 Å². The van der Waals surface area contributed by atoms with Crippen LogP contribution in [0.4, 0.5) is 0 Å². The molecule has 2 bridgehead atoms. The molecule has 8 heteroatoms. The fourth-order valence-corrected chi connectivity index (χ4v) is 15.5. The second-order valence-electron chi connectivity index (χ2n) is 19.9. The summed E-state index contributed by atoms with van der Waals surface area (Å²) in [5, 5.41) is 14.3. The highest BCUT2D eigenvalue weighted by Crippen LogP contribution is 2.61. The minimum Gasteiger partial charge on any atom is -0.474 e. The molecule has 326 valence electrons. The highest BCUT2D eigenvalue weighted by molar-refractivity contribution is 8.00. The summed E-state index contributed by atoms with van der Waals surface area (Å²) in [6.07, 6.45) is 23.4. The second-order valence-corrected chi connectivity index (χ2v) is 27.8. The molecule has 3 aromatic rings. The topological polar surface area (TPSA) is 68.9 Å². The van der Waals surface area contributed by atoms with Crippen molar-refractivity contribution >= 4 is 43.0 Å². The molecule has 5 nitrogen and oxygen atoms in total. The van der Waals surface area contributed by atoms with Gasteiger partial charge in [0, 0.05) is 22.2 Å². The maximum atomic E-state index is 13.8. The minimum atomic E-state index is -2.17. The van der Waals surface area contributed by atoms with Crippen molar-refractivity contribution in [1.82, 2.24) is 0 Å². The standard InChI is InChI=1S/C52H72O5S2Si/c1-7-8-18-28-51(29-19-21-32-58-51)30-27-41-39(24-15-9-10-20-31-55-36-38-22-13-11-14-23-38)33-44-47(54)46(41)43-37-56-48(60(5,6)50(2,3)4)42(43)34-52(44)35-45(53)57-49(52)59-40-25-16-12-17-26-40/h7-8,11-14,16-17,22-23,25-26,33,37,39,41,46-47,49,54H,9-10,15,18-21,24,27-32,34-36H2,1-6H3/b8-7+/t39-,41+,46+,47-,49?,51?,52-/m0/s1. The molecule has 2 saturated heterocycles. The Bertz CT molecular complexity index is 1910. The van der Waals surface area contributed by atoms with E-state index in [-0.39, 0.29) is 39.9 Å². The van der Waals surface area contributed by atoms with Gasteiger partial charge in [0.25, 0.3) is 0 Å². The molecule has 1 spiro atoms. The number of hydrogen-bond donors (Lipinski definition) is 1. The Morgan fingerprint density at radius 1 is 0.967 bits per heavy atom. The zero-order chi connectivity index (χ0) is 42.4. The lowest BCUT2D eigenvalue weighted by Crippen LogP contribution is -2.51. The number of unbranched alkanes of at least 4 members (excludes halogenated alkanes) is 3. The number of aliphatic hydroxyl groups excluding tert-OH is 1. The molecule has 0 amide bonds. The minimum absolute atomic E-state index is 0.0529. The fourth-order valence-electron chi connectivity index (χ4n) is 10.7. The highest BCUT2D eigenvalue weighted by atomic mass is 32.2. The number of ether oxygens (including phenoxy) is 2. The molecule has 4 aliphatic rings. The number of furan rings is 1. The zero-order valence-electron chi connectivity index (χ0n) is 37.4. The van der Waals surface area contributed by atoms with Gasteiger partial charge in [0.2, 0.25) is 0 Å². The van der Waals surface area contributed by atoms with Crippen molar-refractivity contribution in [3.63, 3.8) is 0 Å². The molecular formula is C52H72O5S2Si. The van der Waals surface area contributed by atoms with Gasteiger partial charge < -0.3 is 19.0 Å². The predicted octanol–water partition coefficient (Wildman–Crippen LogP) is 13.2. The summed E-state index contributed by atoms with van der Waals surface area (Å²) >= 11 is 3.87. The van der Waals surface area contributed by atoms with Crippen LogP contribution in [-0.4, -0.2) is 47.8 Å². The SMILES string of the molecule is C/C=C/CCC1(CC[C@H]2[C@@H]3c4coc([Si](C)(C)C(C)(C)C)c4C[C@]4(CC(=O)OC4Sc4ccccc4)C(=C[C@@H]2CCCCCCOCc2ccccc2)[C@@H]3O)CCCCS1. The number of esters is 1. The Kier molecular flexibility index (Phi) is 15.1. The van der Waals surface area contributed by atoms with Gasteiger partial charge in [-0.2, -0.15) is 11.8 Å². The monoisotopic (exact) mass is 868 g/mol. The van der Waals surface area contributed by atoms with Gasteiger partial charge in [-0.3, -0.25) is 4.79 Å². The molecule has 1 aromatic heterocycles. The largest absolute Gasteiger partial charge is 0.474 e. The molecule has 60 heavy (non-hydrogen) atoms. The summed E-state index contributed by atoms with van der Waals surface area (Å²) in [4.78, 5) is 14.9. The number of cyclic esters (lactones) is 1. The number of rotatable bonds is 18. The first-order valence-corrected chi connectivity index (χ1v) is 28.0. The van der Waals surface area contributed by atoms with Crippen LogP contribution in [-0.2, 0) is 27.3 Å². The van der Waals surface area contributed by atoms with Crippen molar-refractivity contribution in [2.45, 2.75) is 169 Å². The summed E-state index contributed by atoms with van der Waals surface area (Å²) in [5.41, 5.74) is 3.63. The zero-order valence-corrected chi connectivity index (χ0v) is 40.0. The lowest BCUT2D eigenvalue weighted by atomic mass is 9.62. The average Bonchev–Trinajstić information content (AvgIpc) is 3.77. The Hall–Kier alpha value is -2.49. The van der Waals surface area contributed by atoms with E-state index in [0.717, 1.165) is 67.4 Å². The lowest BCUT2D eigenvalue weighted by molar-refractivity contribution is -0.138. The van der Waals surface area contributed by atoms with Gasteiger partial charge >= 0.3 is 5.97 Å². The quantitative estimate of drug-likeness (QED) is 0.0591. The van der Waals surface area contributed by atoms with Gasteiger partial charge in [-0.05, 0) is 122 Å². The molecule has 3 heterocycles. The van der Waals surface area contributed by atoms with E-state index >= 15 is 0 Å². The summed E-state index contributed by atoms with van der Waals surface area (Å²) < 4.78 is 19.6. The second kappa shape index (κ2) is 19.9. The van der Waals surface area contributed by atoms with Crippen LogP contribution >= 0.6 is 23.5 Å². The van der Waals surface area contributed by atoms with Gasteiger partial charge in [0.1, 0.15) is 8.07 Å². The van der Waals surface area contributed by atoms with E-state index in [9.17, 15) is 9.90 Å². The summed E-state index contributed by atoms with van der Waals surface area (Å²) in [5.74, 6) is 1.55. The van der Waals surface area contributed by atoms with Crippen molar-refractivity contribution in [1.29, 1.82) is 0 Å². The number of allylic oxidation sites excluding steroid dienone is 3. The third kappa shape index (κ3) is 9.99. The van der Waals surface area contributed by atoms with Crippen molar-refractivity contribution in [2.24, 2.45) is 17.3 Å². The Morgan fingerprint density at radius 3 is 2.43 bits per heavy atom. The molecule has 2 aromatic carbocycles. The molecule has 2 aliphatic heterocycles. The number of benzene rings is 2. The average molecular weight is 869 g/mol. The van der Waals surface area contributed by atoms with Gasteiger partial charge in [-0.1, -0.05) is 138 Å². The van der Waals surface area contributed by atoms with Crippen molar-refractivity contribution in [3.05, 3.63) is 107 Å². The molecule has 7 atom stereocenters.